The molecule has 5 nitrogen and oxygen atoms in total. The normalized spacial score (nSPS) is 10.8. The van der Waals surface area contributed by atoms with Gasteiger partial charge in [-0.3, -0.25) is 4.68 Å². The van der Waals surface area contributed by atoms with Crippen LogP contribution in [0.3, 0.4) is 0 Å². The Kier molecular flexibility index (Phi) is 2.66. The first-order valence-electron chi connectivity index (χ1n) is 4.85. The molecule has 0 amide bonds. The van der Waals surface area contributed by atoms with Gasteiger partial charge in [0.15, 0.2) is 17.3 Å². The van der Waals surface area contributed by atoms with E-state index in [0.29, 0.717) is 17.9 Å². The highest BCUT2D eigenvalue weighted by atomic mass is 19.1. The van der Waals surface area contributed by atoms with E-state index < -0.39 is 5.82 Å². The highest BCUT2D eigenvalue weighted by Crippen LogP contribution is 2.19. The summed E-state index contributed by atoms with van der Waals surface area (Å²) >= 11 is 0. The van der Waals surface area contributed by atoms with Crippen molar-refractivity contribution in [2.24, 2.45) is 12.8 Å². The highest BCUT2D eigenvalue weighted by Gasteiger charge is 2.16. The molecule has 0 aliphatic heterocycles. The molecule has 6 heteroatoms. The topological polar surface area (TPSA) is 69.6 Å². The Morgan fingerprint density at radius 2 is 2.25 bits per heavy atom. The third kappa shape index (κ3) is 1.67. The molecule has 0 bridgehead atoms. The van der Waals surface area contributed by atoms with Crippen molar-refractivity contribution in [2.75, 3.05) is 0 Å². The van der Waals surface area contributed by atoms with E-state index in [9.17, 15) is 4.39 Å². The lowest BCUT2D eigenvalue weighted by Gasteiger charge is -1.98. The maximum atomic E-state index is 13.7. The summed E-state index contributed by atoms with van der Waals surface area (Å²) in [7, 11) is 1.68. The van der Waals surface area contributed by atoms with Crippen molar-refractivity contribution in [3.8, 4) is 11.5 Å². The molecule has 0 aliphatic rings. The number of halogens is 1. The largest absolute Gasteiger partial charge is 0.325 e. The van der Waals surface area contributed by atoms with Gasteiger partial charge in [0.1, 0.15) is 0 Å². The van der Waals surface area contributed by atoms with E-state index in [1.54, 1.807) is 26.2 Å². The van der Waals surface area contributed by atoms with Gasteiger partial charge in [0.2, 0.25) is 0 Å². The van der Waals surface area contributed by atoms with Crippen LogP contribution in [0.4, 0.5) is 4.39 Å². The molecule has 0 unspecified atom stereocenters. The molecule has 0 atom stereocenters. The molecule has 0 aromatic carbocycles. The van der Waals surface area contributed by atoms with E-state index in [4.69, 9.17) is 5.73 Å². The Bertz CT molecular complexity index is 520. The second kappa shape index (κ2) is 3.97. The predicted molar refractivity (Wildman–Crippen MR) is 56.8 cm³/mol. The Morgan fingerprint density at radius 3 is 2.81 bits per heavy atom. The standard InChI is InChI=1S/C10H12FN5/c1-6-8(11)9(15-16(6)2)10-13-4-3-7(5-12)14-10/h3-4H,5,12H2,1-2H3. The summed E-state index contributed by atoms with van der Waals surface area (Å²) in [5, 5.41) is 4.03. The van der Waals surface area contributed by atoms with E-state index in [1.165, 1.54) is 4.68 Å². The second-order valence-corrected chi connectivity index (χ2v) is 3.45. The van der Waals surface area contributed by atoms with Crippen LogP contribution >= 0.6 is 0 Å². The van der Waals surface area contributed by atoms with Crippen LogP contribution in [-0.2, 0) is 13.6 Å². The molecule has 0 saturated carbocycles. The average Bonchev–Trinajstić information content (AvgIpc) is 2.57. The van der Waals surface area contributed by atoms with Crippen LogP contribution in [0.5, 0.6) is 0 Å². The number of hydrogen-bond acceptors (Lipinski definition) is 4. The average molecular weight is 221 g/mol. The number of nitrogens with two attached hydrogens (primary N) is 1. The number of hydrogen-bond donors (Lipinski definition) is 1. The van der Waals surface area contributed by atoms with Gasteiger partial charge in [0, 0.05) is 19.8 Å². The zero-order valence-corrected chi connectivity index (χ0v) is 9.11. The van der Waals surface area contributed by atoms with Gasteiger partial charge < -0.3 is 5.73 Å². The third-order valence-corrected chi connectivity index (χ3v) is 2.40. The van der Waals surface area contributed by atoms with Crippen LogP contribution in [-0.4, -0.2) is 19.7 Å². The van der Waals surface area contributed by atoms with Crippen LogP contribution in [0, 0.1) is 12.7 Å². The molecular weight excluding hydrogens is 209 g/mol. The monoisotopic (exact) mass is 221 g/mol. The molecule has 2 heterocycles. The smallest absolute Gasteiger partial charge is 0.183 e. The first kappa shape index (κ1) is 10.7. The summed E-state index contributed by atoms with van der Waals surface area (Å²) in [5.41, 5.74) is 6.74. The summed E-state index contributed by atoms with van der Waals surface area (Å²) in [6, 6.07) is 1.69. The van der Waals surface area contributed by atoms with Crippen LogP contribution in [0.2, 0.25) is 0 Å². The first-order valence-corrected chi connectivity index (χ1v) is 4.85. The van der Waals surface area contributed by atoms with Gasteiger partial charge in [-0.25, -0.2) is 14.4 Å². The number of aromatic nitrogens is 4. The first-order chi connectivity index (χ1) is 7.63. The lowest BCUT2D eigenvalue weighted by Crippen LogP contribution is -2.02. The molecule has 0 fully saturated rings. The quantitative estimate of drug-likeness (QED) is 0.813. The van der Waals surface area contributed by atoms with Crippen molar-refractivity contribution in [2.45, 2.75) is 13.5 Å². The fourth-order valence-electron chi connectivity index (χ4n) is 1.35. The molecule has 16 heavy (non-hydrogen) atoms. The Morgan fingerprint density at radius 1 is 1.50 bits per heavy atom. The molecule has 0 spiro atoms. The fourth-order valence-corrected chi connectivity index (χ4v) is 1.35. The van der Waals surface area contributed by atoms with Crippen molar-refractivity contribution in [3.63, 3.8) is 0 Å². The van der Waals surface area contributed by atoms with Crippen LogP contribution in [0.1, 0.15) is 11.4 Å². The van der Waals surface area contributed by atoms with E-state index in [0.717, 1.165) is 0 Å². The minimum Gasteiger partial charge on any atom is -0.325 e. The molecule has 0 saturated heterocycles. The van der Waals surface area contributed by atoms with Gasteiger partial charge in [-0.15, -0.1) is 0 Å². The molecule has 0 radical (unpaired) electrons. The summed E-state index contributed by atoms with van der Waals surface area (Å²) in [6.45, 7) is 1.95. The Hall–Kier alpha value is -1.82. The maximum Gasteiger partial charge on any atom is 0.183 e. The van der Waals surface area contributed by atoms with Crippen molar-refractivity contribution in [3.05, 3.63) is 29.5 Å². The van der Waals surface area contributed by atoms with Gasteiger partial charge >= 0.3 is 0 Å². The lowest BCUT2D eigenvalue weighted by atomic mass is 10.3. The Labute approximate surface area is 92.1 Å². The summed E-state index contributed by atoms with van der Waals surface area (Å²) in [6.07, 6.45) is 1.55. The minimum atomic E-state index is -0.392. The van der Waals surface area contributed by atoms with Crippen molar-refractivity contribution >= 4 is 0 Å². The SMILES string of the molecule is Cc1c(F)c(-c2nccc(CN)n2)nn1C. The fraction of sp³-hybridized carbons (Fsp3) is 0.300. The van der Waals surface area contributed by atoms with Gasteiger partial charge in [0.05, 0.1) is 11.4 Å². The summed E-state index contributed by atoms with van der Waals surface area (Å²) < 4.78 is 15.2. The van der Waals surface area contributed by atoms with E-state index >= 15 is 0 Å². The summed E-state index contributed by atoms with van der Waals surface area (Å²) in [4.78, 5) is 8.12. The molecule has 2 N–H and O–H groups in total. The predicted octanol–water partition coefficient (Wildman–Crippen LogP) is 0.783. The lowest BCUT2D eigenvalue weighted by molar-refractivity contribution is 0.611. The van der Waals surface area contributed by atoms with E-state index in [1.807, 2.05) is 0 Å². The maximum absolute atomic E-state index is 13.7. The van der Waals surface area contributed by atoms with E-state index in [2.05, 4.69) is 15.1 Å². The third-order valence-electron chi connectivity index (χ3n) is 2.40. The van der Waals surface area contributed by atoms with Crippen molar-refractivity contribution in [1.29, 1.82) is 0 Å². The van der Waals surface area contributed by atoms with Crippen LogP contribution < -0.4 is 5.73 Å². The molecule has 2 aromatic rings. The molecule has 2 aromatic heterocycles. The van der Waals surface area contributed by atoms with Gasteiger partial charge in [0.25, 0.3) is 0 Å². The van der Waals surface area contributed by atoms with Crippen LogP contribution in [0.25, 0.3) is 11.5 Å². The molecule has 0 aliphatic carbocycles. The Balaban J connectivity index is 2.54. The van der Waals surface area contributed by atoms with Gasteiger partial charge in [-0.1, -0.05) is 0 Å². The number of aryl methyl sites for hydroxylation is 1. The second-order valence-electron chi connectivity index (χ2n) is 3.45. The van der Waals surface area contributed by atoms with Crippen LogP contribution in [0.15, 0.2) is 12.3 Å². The highest BCUT2D eigenvalue weighted by molar-refractivity contribution is 5.50. The zero-order chi connectivity index (χ0) is 11.7. The van der Waals surface area contributed by atoms with E-state index in [-0.39, 0.29) is 11.5 Å². The van der Waals surface area contributed by atoms with Gasteiger partial charge in [-0.2, -0.15) is 5.10 Å². The van der Waals surface area contributed by atoms with Crippen molar-refractivity contribution in [1.82, 2.24) is 19.7 Å². The molecule has 2 rings (SSSR count). The summed E-state index contributed by atoms with van der Waals surface area (Å²) in [5.74, 6) is -0.124. The molecule has 84 valence electrons. The zero-order valence-electron chi connectivity index (χ0n) is 9.11. The molecular formula is C10H12FN5. The minimum absolute atomic E-state index is 0.162. The van der Waals surface area contributed by atoms with Gasteiger partial charge in [-0.05, 0) is 13.0 Å². The number of rotatable bonds is 2. The number of nitrogens with zero attached hydrogens (tertiary/aromatic N) is 4. The van der Waals surface area contributed by atoms with Crippen molar-refractivity contribution < 1.29 is 4.39 Å².